The Morgan fingerprint density at radius 1 is 1.12 bits per heavy atom. The molecular weight excluding hydrogens is 313 g/mol. The molecule has 2 heterocycles. The molecule has 0 aliphatic carbocycles. The van der Waals surface area contributed by atoms with Gasteiger partial charge in [-0.05, 0) is 30.9 Å². The quantitative estimate of drug-likeness (QED) is 0.535. The fourth-order valence-corrected chi connectivity index (χ4v) is 3.64. The van der Waals surface area contributed by atoms with Gasteiger partial charge in [-0.2, -0.15) is 0 Å². The minimum absolute atomic E-state index is 0.399. The lowest BCUT2D eigenvalue weighted by Gasteiger charge is -2.44. The summed E-state index contributed by atoms with van der Waals surface area (Å²) in [5.41, 5.74) is 3.35. The Kier molecular flexibility index (Phi) is 2.83. The van der Waals surface area contributed by atoms with Gasteiger partial charge in [-0.3, -0.25) is 0 Å². The summed E-state index contributed by atoms with van der Waals surface area (Å²) in [5.74, 6) is 0. The summed E-state index contributed by atoms with van der Waals surface area (Å²) in [4.78, 5) is 0. The topological polar surface area (TPSA) is 12.5 Å². The maximum absolute atomic E-state index is 5.52. The lowest BCUT2D eigenvalue weighted by Crippen LogP contribution is -2.40. The standard InChI is InChI=1S/C13H16INO/c14-15-8-5-13(6-9-16-10-7-13)11-3-1-2-4-12(11)15/h1-4H,5-10H2. The first kappa shape index (κ1) is 10.8. The zero-order chi connectivity index (χ0) is 11.0. The van der Waals surface area contributed by atoms with E-state index >= 15 is 0 Å². The molecule has 0 N–H and O–H groups in total. The van der Waals surface area contributed by atoms with E-state index in [0.717, 1.165) is 19.8 Å². The first-order valence-electron chi connectivity index (χ1n) is 5.92. The zero-order valence-electron chi connectivity index (χ0n) is 9.29. The molecule has 0 amide bonds. The van der Waals surface area contributed by atoms with Gasteiger partial charge in [-0.15, -0.1) is 0 Å². The van der Waals surface area contributed by atoms with E-state index in [0.29, 0.717) is 5.41 Å². The molecule has 2 aliphatic heterocycles. The smallest absolute Gasteiger partial charge is 0.0591 e. The molecular formula is C13H16INO. The lowest BCUT2D eigenvalue weighted by atomic mass is 9.69. The maximum atomic E-state index is 5.52. The monoisotopic (exact) mass is 329 g/mol. The number of fused-ring (bicyclic) bond motifs is 2. The van der Waals surface area contributed by atoms with Gasteiger partial charge in [0.1, 0.15) is 0 Å². The van der Waals surface area contributed by atoms with Gasteiger partial charge < -0.3 is 7.85 Å². The predicted molar refractivity (Wildman–Crippen MR) is 74.2 cm³/mol. The van der Waals surface area contributed by atoms with Crippen LogP contribution in [-0.2, 0) is 10.2 Å². The molecule has 1 fully saturated rings. The molecule has 0 unspecified atom stereocenters. The molecule has 3 heteroatoms. The minimum atomic E-state index is 0.399. The number of nitrogens with zero attached hydrogens (tertiary/aromatic N) is 1. The number of ether oxygens (including phenoxy) is 1. The van der Waals surface area contributed by atoms with Crippen LogP contribution in [0.2, 0.25) is 0 Å². The molecule has 1 saturated heterocycles. The van der Waals surface area contributed by atoms with Crippen LogP contribution in [0, 0.1) is 0 Å². The Morgan fingerprint density at radius 3 is 2.69 bits per heavy atom. The fourth-order valence-electron chi connectivity index (χ4n) is 2.98. The molecule has 0 aromatic heterocycles. The maximum Gasteiger partial charge on any atom is 0.0591 e. The van der Waals surface area contributed by atoms with Gasteiger partial charge in [0.2, 0.25) is 0 Å². The summed E-state index contributed by atoms with van der Waals surface area (Å²) in [6.45, 7) is 3.02. The number of halogens is 1. The van der Waals surface area contributed by atoms with Crippen LogP contribution >= 0.6 is 22.9 Å². The third kappa shape index (κ3) is 1.64. The van der Waals surface area contributed by atoms with Crippen LogP contribution < -0.4 is 3.11 Å². The first-order chi connectivity index (χ1) is 7.82. The van der Waals surface area contributed by atoms with Crippen molar-refractivity contribution in [2.24, 2.45) is 0 Å². The number of benzene rings is 1. The van der Waals surface area contributed by atoms with Crippen molar-refractivity contribution in [3.8, 4) is 0 Å². The van der Waals surface area contributed by atoms with Crippen LogP contribution in [0.15, 0.2) is 24.3 Å². The Bertz CT molecular complexity index is 387. The van der Waals surface area contributed by atoms with Gasteiger partial charge in [0.15, 0.2) is 0 Å². The van der Waals surface area contributed by atoms with Crippen molar-refractivity contribution in [1.82, 2.24) is 0 Å². The van der Waals surface area contributed by atoms with E-state index in [4.69, 9.17) is 4.74 Å². The lowest BCUT2D eigenvalue weighted by molar-refractivity contribution is 0.0468. The molecule has 86 valence electrons. The molecule has 1 spiro atoms. The molecule has 1 aromatic carbocycles. The van der Waals surface area contributed by atoms with E-state index < -0.39 is 0 Å². The van der Waals surface area contributed by atoms with Gasteiger partial charge in [0, 0.05) is 30.9 Å². The molecule has 0 bridgehead atoms. The van der Waals surface area contributed by atoms with Crippen molar-refractivity contribution in [2.75, 3.05) is 22.9 Å². The average molecular weight is 329 g/mol. The highest BCUT2D eigenvalue weighted by Gasteiger charge is 2.39. The Hall–Kier alpha value is -0.290. The third-order valence-corrected chi connectivity index (χ3v) is 4.98. The van der Waals surface area contributed by atoms with Gasteiger partial charge in [0.05, 0.1) is 22.9 Å². The fraction of sp³-hybridized carbons (Fsp3) is 0.538. The molecule has 0 saturated carbocycles. The predicted octanol–water partition coefficient (Wildman–Crippen LogP) is 3.29. The van der Waals surface area contributed by atoms with Crippen LogP contribution in [0.4, 0.5) is 5.69 Å². The van der Waals surface area contributed by atoms with Gasteiger partial charge in [-0.1, -0.05) is 18.2 Å². The van der Waals surface area contributed by atoms with Crippen molar-refractivity contribution >= 4 is 28.6 Å². The largest absolute Gasteiger partial charge is 0.381 e. The summed E-state index contributed by atoms with van der Waals surface area (Å²) in [5, 5.41) is 0. The van der Waals surface area contributed by atoms with E-state index in [2.05, 4.69) is 50.2 Å². The molecule has 1 aromatic rings. The number of hydrogen-bond donors (Lipinski definition) is 0. The highest BCUT2D eigenvalue weighted by atomic mass is 127. The normalized spacial score (nSPS) is 23.2. The average Bonchev–Trinajstić information content (AvgIpc) is 2.36. The van der Waals surface area contributed by atoms with E-state index in [1.807, 2.05) is 0 Å². The molecule has 0 radical (unpaired) electrons. The summed E-state index contributed by atoms with van der Waals surface area (Å²) in [7, 11) is 0. The number of hydrogen-bond acceptors (Lipinski definition) is 2. The van der Waals surface area contributed by atoms with Crippen LogP contribution in [0.5, 0.6) is 0 Å². The number of para-hydroxylation sites is 1. The molecule has 2 aliphatic rings. The third-order valence-electron chi connectivity index (χ3n) is 3.97. The SMILES string of the molecule is IN1CCC2(CCOCC2)c2ccccc21. The molecule has 0 atom stereocenters. The van der Waals surface area contributed by atoms with Crippen molar-refractivity contribution < 1.29 is 4.74 Å². The van der Waals surface area contributed by atoms with Crippen LogP contribution in [0.1, 0.15) is 24.8 Å². The second-order valence-corrected chi connectivity index (χ2v) is 5.91. The van der Waals surface area contributed by atoms with Crippen LogP contribution in [0.3, 0.4) is 0 Å². The Balaban J connectivity index is 2.06. The second kappa shape index (κ2) is 4.18. The summed E-state index contributed by atoms with van der Waals surface area (Å²) < 4.78 is 7.88. The number of rotatable bonds is 0. The zero-order valence-corrected chi connectivity index (χ0v) is 11.4. The molecule has 16 heavy (non-hydrogen) atoms. The van der Waals surface area contributed by atoms with Crippen molar-refractivity contribution in [2.45, 2.75) is 24.7 Å². The van der Waals surface area contributed by atoms with E-state index in [1.54, 1.807) is 5.56 Å². The molecule has 3 rings (SSSR count). The second-order valence-electron chi connectivity index (χ2n) is 4.75. The van der Waals surface area contributed by atoms with Gasteiger partial charge >= 0.3 is 0 Å². The first-order valence-corrected chi connectivity index (χ1v) is 6.89. The molecule has 2 nitrogen and oxygen atoms in total. The minimum Gasteiger partial charge on any atom is -0.381 e. The van der Waals surface area contributed by atoms with Crippen molar-refractivity contribution in [1.29, 1.82) is 0 Å². The van der Waals surface area contributed by atoms with Crippen LogP contribution in [-0.4, -0.2) is 19.8 Å². The highest BCUT2D eigenvalue weighted by molar-refractivity contribution is 14.1. The Morgan fingerprint density at radius 2 is 1.88 bits per heavy atom. The highest BCUT2D eigenvalue weighted by Crippen LogP contribution is 2.46. The van der Waals surface area contributed by atoms with Gasteiger partial charge in [0.25, 0.3) is 0 Å². The summed E-state index contributed by atoms with van der Waals surface area (Å²) >= 11 is 2.43. The van der Waals surface area contributed by atoms with Crippen LogP contribution in [0.25, 0.3) is 0 Å². The van der Waals surface area contributed by atoms with E-state index in [9.17, 15) is 0 Å². The van der Waals surface area contributed by atoms with E-state index in [-0.39, 0.29) is 0 Å². The van der Waals surface area contributed by atoms with Gasteiger partial charge in [-0.25, -0.2) is 0 Å². The number of anilines is 1. The van der Waals surface area contributed by atoms with E-state index in [1.165, 1.54) is 24.9 Å². The van der Waals surface area contributed by atoms with Crippen molar-refractivity contribution in [3.63, 3.8) is 0 Å². The van der Waals surface area contributed by atoms with Crippen molar-refractivity contribution in [3.05, 3.63) is 29.8 Å². The summed E-state index contributed by atoms with van der Waals surface area (Å²) in [6, 6.07) is 8.87. The Labute approximate surface area is 110 Å². The summed E-state index contributed by atoms with van der Waals surface area (Å²) in [6.07, 6.45) is 3.65.